The maximum Gasteiger partial charge on any atom is 0.214 e. The van der Waals surface area contributed by atoms with E-state index in [-0.39, 0.29) is 6.04 Å². The van der Waals surface area contributed by atoms with Crippen molar-refractivity contribution in [3.8, 4) is 0 Å². The lowest BCUT2D eigenvalue weighted by atomic mass is 10.0. The molecule has 84 valence electrons. The molecule has 0 amide bonds. The Kier molecular flexibility index (Phi) is 4.38. The fourth-order valence-corrected chi connectivity index (χ4v) is 3.99. The van der Waals surface area contributed by atoms with Crippen LogP contribution in [0.25, 0.3) is 0 Å². The Morgan fingerprint density at radius 3 is 2.57 bits per heavy atom. The van der Waals surface area contributed by atoms with E-state index in [9.17, 15) is 8.42 Å². The Balaban J connectivity index is 2.72. The first-order valence-corrected chi connectivity index (χ1v) is 7.22. The van der Waals surface area contributed by atoms with Gasteiger partial charge in [-0.1, -0.05) is 20.3 Å². The maximum absolute atomic E-state index is 11.9. The largest absolute Gasteiger partial charge is 0.214 e. The number of sulfonamides is 1. The summed E-state index contributed by atoms with van der Waals surface area (Å²) in [4.78, 5) is 0. The summed E-state index contributed by atoms with van der Waals surface area (Å²) in [6.07, 6.45) is 4.91. The molecule has 0 bridgehead atoms. The number of rotatable bonds is 4. The van der Waals surface area contributed by atoms with Crippen molar-refractivity contribution in [1.29, 1.82) is 0 Å². The molecule has 1 fully saturated rings. The van der Waals surface area contributed by atoms with E-state index in [4.69, 9.17) is 0 Å². The summed E-state index contributed by atoms with van der Waals surface area (Å²) in [6, 6.07) is 0.264. The van der Waals surface area contributed by atoms with Crippen LogP contribution in [0.2, 0.25) is 0 Å². The molecule has 0 aromatic rings. The molecule has 0 saturated carbocycles. The third-order valence-corrected chi connectivity index (χ3v) is 4.98. The Morgan fingerprint density at radius 1 is 1.29 bits per heavy atom. The minimum atomic E-state index is -2.96. The van der Waals surface area contributed by atoms with E-state index < -0.39 is 10.0 Å². The van der Waals surface area contributed by atoms with Crippen molar-refractivity contribution in [3.63, 3.8) is 0 Å². The van der Waals surface area contributed by atoms with Gasteiger partial charge in [0.1, 0.15) is 0 Å². The quantitative estimate of drug-likeness (QED) is 0.725. The lowest BCUT2D eigenvalue weighted by Crippen LogP contribution is -2.44. The maximum atomic E-state index is 11.9. The van der Waals surface area contributed by atoms with Crippen LogP contribution >= 0.6 is 0 Å². The molecule has 0 aliphatic carbocycles. The second kappa shape index (κ2) is 5.12. The Bertz CT molecular complexity index is 261. The number of hydrogen-bond donors (Lipinski definition) is 0. The first-order valence-electron chi connectivity index (χ1n) is 5.61. The normalized spacial score (nSPS) is 25.1. The van der Waals surface area contributed by atoms with E-state index >= 15 is 0 Å². The molecular weight excluding hydrogens is 198 g/mol. The van der Waals surface area contributed by atoms with Gasteiger partial charge in [0, 0.05) is 12.6 Å². The molecule has 0 aromatic heterocycles. The van der Waals surface area contributed by atoms with Gasteiger partial charge >= 0.3 is 0 Å². The van der Waals surface area contributed by atoms with Crippen LogP contribution in [0.15, 0.2) is 0 Å². The summed E-state index contributed by atoms with van der Waals surface area (Å²) in [6.45, 7) is 4.73. The highest BCUT2D eigenvalue weighted by atomic mass is 32.2. The van der Waals surface area contributed by atoms with Crippen molar-refractivity contribution in [2.24, 2.45) is 0 Å². The molecule has 4 heteroatoms. The van der Waals surface area contributed by atoms with E-state index in [0.29, 0.717) is 5.75 Å². The van der Waals surface area contributed by atoms with Crippen LogP contribution in [0.4, 0.5) is 0 Å². The van der Waals surface area contributed by atoms with Gasteiger partial charge in [-0.05, 0) is 25.7 Å². The zero-order valence-corrected chi connectivity index (χ0v) is 10.0. The summed E-state index contributed by atoms with van der Waals surface area (Å²) in [7, 11) is -2.96. The zero-order chi connectivity index (χ0) is 10.6. The van der Waals surface area contributed by atoms with Crippen LogP contribution in [0, 0.1) is 0 Å². The summed E-state index contributed by atoms with van der Waals surface area (Å²) in [5.74, 6) is 0.309. The Hall–Kier alpha value is -0.0900. The average Bonchev–Trinajstić information content (AvgIpc) is 2.18. The molecule has 0 N–H and O–H groups in total. The third kappa shape index (κ3) is 2.70. The second-order valence-electron chi connectivity index (χ2n) is 3.98. The van der Waals surface area contributed by atoms with Crippen LogP contribution in [0.1, 0.15) is 46.0 Å². The van der Waals surface area contributed by atoms with E-state index in [1.54, 1.807) is 4.31 Å². The molecule has 1 unspecified atom stereocenters. The van der Waals surface area contributed by atoms with Crippen molar-refractivity contribution in [3.05, 3.63) is 0 Å². The minimum absolute atomic E-state index is 0.264. The molecule has 1 saturated heterocycles. The first-order chi connectivity index (χ1) is 6.61. The van der Waals surface area contributed by atoms with Crippen LogP contribution in [-0.4, -0.2) is 31.1 Å². The van der Waals surface area contributed by atoms with Crippen molar-refractivity contribution >= 4 is 10.0 Å². The molecule has 1 aliphatic heterocycles. The molecule has 0 aromatic carbocycles. The van der Waals surface area contributed by atoms with Gasteiger partial charge in [0.15, 0.2) is 0 Å². The summed E-state index contributed by atoms with van der Waals surface area (Å²) in [5, 5.41) is 0. The predicted molar refractivity (Wildman–Crippen MR) is 58.7 cm³/mol. The van der Waals surface area contributed by atoms with Gasteiger partial charge in [-0.3, -0.25) is 0 Å². The second-order valence-corrected chi connectivity index (χ2v) is 6.03. The Labute approximate surface area is 87.5 Å². The summed E-state index contributed by atoms with van der Waals surface area (Å²) >= 11 is 0. The van der Waals surface area contributed by atoms with Gasteiger partial charge in [0.2, 0.25) is 10.0 Å². The highest BCUT2D eigenvalue weighted by Gasteiger charge is 2.29. The number of hydrogen-bond acceptors (Lipinski definition) is 2. The molecular formula is C10H21NO2S. The van der Waals surface area contributed by atoms with Gasteiger partial charge in [-0.25, -0.2) is 8.42 Å². The van der Waals surface area contributed by atoms with Crippen LogP contribution in [0.3, 0.4) is 0 Å². The molecule has 1 aliphatic rings. The minimum Gasteiger partial charge on any atom is -0.212 e. The standard InChI is InChI=1S/C10H21NO2S/c1-3-9-14(12,13)11-8-6-5-7-10(11)4-2/h10H,3-9H2,1-2H3. The van der Waals surface area contributed by atoms with Gasteiger partial charge in [-0.15, -0.1) is 0 Å². The predicted octanol–water partition coefficient (Wildman–Crippen LogP) is 1.99. The van der Waals surface area contributed by atoms with Gasteiger partial charge in [-0.2, -0.15) is 4.31 Å². The van der Waals surface area contributed by atoms with Crippen molar-refractivity contribution < 1.29 is 8.42 Å². The summed E-state index contributed by atoms with van der Waals surface area (Å²) in [5.41, 5.74) is 0. The first kappa shape index (κ1) is 12.0. The van der Waals surface area contributed by atoms with Crippen molar-refractivity contribution in [2.75, 3.05) is 12.3 Å². The highest BCUT2D eigenvalue weighted by Crippen LogP contribution is 2.22. The molecule has 1 rings (SSSR count). The van der Waals surface area contributed by atoms with E-state index in [1.807, 2.05) is 6.92 Å². The Morgan fingerprint density at radius 2 is 2.00 bits per heavy atom. The zero-order valence-electron chi connectivity index (χ0n) is 9.20. The molecule has 0 spiro atoms. The fourth-order valence-electron chi connectivity index (χ4n) is 2.12. The smallest absolute Gasteiger partial charge is 0.212 e. The summed E-state index contributed by atoms with van der Waals surface area (Å²) < 4.78 is 25.5. The molecule has 1 heterocycles. The highest BCUT2D eigenvalue weighted by molar-refractivity contribution is 7.89. The molecule has 3 nitrogen and oxygen atoms in total. The number of piperidine rings is 1. The monoisotopic (exact) mass is 219 g/mol. The van der Waals surface area contributed by atoms with E-state index in [0.717, 1.165) is 32.2 Å². The molecule has 0 radical (unpaired) electrons. The fraction of sp³-hybridized carbons (Fsp3) is 1.00. The topological polar surface area (TPSA) is 37.4 Å². The average molecular weight is 219 g/mol. The van der Waals surface area contributed by atoms with Crippen molar-refractivity contribution in [2.45, 2.75) is 52.0 Å². The third-order valence-electron chi connectivity index (χ3n) is 2.86. The number of nitrogens with zero attached hydrogens (tertiary/aromatic N) is 1. The van der Waals surface area contributed by atoms with E-state index in [2.05, 4.69) is 6.92 Å². The molecule has 1 atom stereocenters. The SMILES string of the molecule is CCCS(=O)(=O)N1CCCCC1CC. The van der Waals surface area contributed by atoms with Crippen LogP contribution in [-0.2, 0) is 10.0 Å². The van der Waals surface area contributed by atoms with Crippen LogP contribution in [0.5, 0.6) is 0 Å². The van der Waals surface area contributed by atoms with Gasteiger partial charge in [0.05, 0.1) is 5.75 Å². The van der Waals surface area contributed by atoms with E-state index in [1.165, 1.54) is 6.42 Å². The lowest BCUT2D eigenvalue weighted by molar-refractivity contribution is 0.246. The van der Waals surface area contributed by atoms with Crippen molar-refractivity contribution in [1.82, 2.24) is 4.31 Å². The lowest BCUT2D eigenvalue weighted by Gasteiger charge is -2.34. The van der Waals surface area contributed by atoms with Gasteiger partial charge in [0.25, 0.3) is 0 Å². The van der Waals surface area contributed by atoms with Gasteiger partial charge < -0.3 is 0 Å². The van der Waals surface area contributed by atoms with Crippen LogP contribution < -0.4 is 0 Å². The molecule has 14 heavy (non-hydrogen) atoms.